The molecule has 1 aromatic carbocycles. The number of ether oxygens (including phenoxy) is 3. The van der Waals surface area contributed by atoms with Crippen LogP contribution in [-0.4, -0.2) is 80.8 Å². The molecule has 2 heterocycles. The van der Waals surface area contributed by atoms with Crippen molar-refractivity contribution in [2.24, 2.45) is 5.92 Å². The highest BCUT2D eigenvalue weighted by atomic mass is 16.6. The van der Waals surface area contributed by atoms with E-state index in [1.165, 1.54) is 4.90 Å². The van der Waals surface area contributed by atoms with Crippen LogP contribution in [0.5, 0.6) is 5.75 Å². The smallest absolute Gasteiger partial charge is 0.257 e. The van der Waals surface area contributed by atoms with Gasteiger partial charge in [-0.2, -0.15) is 5.26 Å². The van der Waals surface area contributed by atoms with E-state index in [1.54, 1.807) is 44.3 Å². The minimum absolute atomic E-state index is 0.00864. The number of hydrogen-bond donors (Lipinski definition) is 0. The molecule has 0 saturated carbocycles. The molecule has 0 N–H and O–H groups in total. The highest BCUT2D eigenvalue weighted by molar-refractivity contribution is 5.97. The monoisotopic (exact) mass is 429 g/mol. The van der Waals surface area contributed by atoms with Gasteiger partial charge in [0, 0.05) is 34.3 Å². The zero-order chi connectivity index (χ0) is 22.5. The van der Waals surface area contributed by atoms with Crippen LogP contribution in [0.2, 0.25) is 0 Å². The number of hydrogen-bond acceptors (Lipinski definition) is 6. The lowest BCUT2D eigenvalue weighted by molar-refractivity contribution is -0.146. The van der Waals surface area contributed by atoms with Crippen molar-refractivity contribution in [1.29, 1.82) is 5.26 Å². The Morgan fingerprint density at radius 1 is 1.16 bits per heavy atom. The Balaban J connectivity index is 1.96. The summed E-state index contributed by atoms with van der Waals surface area (Å²) in [5.74, 6) is -0.423. The topological polar surface area (TPSA) is 92.1 Å². The van der Waals surface area contributed by atoms with E-state index in [4.69, 9.17) is 14.2 Å². The van der Waals surface area contributed by atoms with Crippen LogP contribution in [0.4, 0.5) is 0 Å². The van der Waals surface area contributed by atoms with Crippen LogP contribution in [0.1, 0.15) is 42.1 Å². The minimum atomic E-state index is -0.356. The average molecular weight is 430 g/mol. The second-order valence-electron chi connectivity index (χ2n) is 8.39. The van der Waals surface area contributed by atoms with E-state index in [0.29, 0.717) is 12.1 Å². The Kier molecular flexibility index (Phi) is 7.52. The summed E-state index contributed by atoms with van der Waals surface area (Å²) in [5.41, 5.74) is 0.583. The van der Waals surface area contributed by atoms with E-state index < -0.39 is 0 Å². The Hall–Kier alpha value is -2.63. The Bertz CT molecular complexity index is 852. The molecule has 31 heavy (non-hydrogen) atoms. The van der Waals surface area contributed by atoms with Gasteiger partial charge in [-0.3, -0.25) is 9.59 Å². The van der Waals surface area contributed by atoms with Gasteiger partial charge in [0.2, 0.25) is 5.91 Å². The average Bonchev–Trinajstić information content (AvgIpc) is 2.79. The number of benzene rings is 1. The summed E-state index contributed by atoms with van der Waals surface area (Å²) in [6.07, 6.45) is 1.90. The second kappa shape index (κ2) is 10.1. The third kappa shape index (κ3) is 5.17. The van der Waals surface area contributed by atoms with Crippen molar-refractivity contribution < 1.29 is 23.8 Å². The Morgan fingerprint density at radius 3 is 2.65 bits per heavy atom. The molecule has 0 aliphatic carbocycles. The fourth-order valence-electron chi connectivity index (χ4n) is 4.28. The van der Waals surface area contributed by atoms with Crippen molar-refractivity contribution in [2.75, 3.05) is 40.9 Å². The number of para-hydroxylation sites is 1. The van der Waals surface area contributed by atoms with E-state index in [0.717, 1.165) is 19.3 Å². The van der Waals surface area contributed by atoms with Crippen LogP contribution in [0.15, 0.2) is 18.2 Å². The molecule has 8 heteroatoms. The first-order valence-electron chi connectivity index (χ1n) is 10.7. The van der Waals surface area contributed by atoms with E-state index in [-0.39, 0.29) is 60.5 Å². The quantitative estimate of drug-likeness (QED) is 0.679. The molecule has 2 aliphatic rings. The highest BCUT2D eigenvalue weighted by Crippen LogP contribution is 2.29. The van der Waals surface area contributed by atoms with Crippen LogP contribution in [0.25, 0.3) is 0 Å². The standard InChI is InChI=1S/C23H31N3O5/c1-15-13-26(3)23(28)18-7-5-6-16(12-24)21(18)30-14-20-19(29-4)9-8-17(31-20)10-11-25(2)22(15)27/h5-7,15,17,19-20H,8-11,13-14H2,1-4H3/t15-,17-,19-,20-/m0/s1. The molecule has 0 spiro atoms. The first-order valence-corrected chi connectivity index (χ1v) is 10.7. The van der Waals surface area contributed by atoms with E-state index in [1.807, 2.05) is 6.92 Å². The third-order valence-corrected chi connectivity index (χ3v) is 6.09. The van der Waals surface area contributed by atoms with Gasteiger partial charge in [0.1, 0.15) is 24.5 Å². The van der Waals surface area contributed by atoms with Gasteiger partial charge in [-0.25, -0.2) is 0 Å². The maximum absolute atomic E-state index is 13.2. The van der Waals surface area contributed by atoms with Gasteiger partial charge in [-0.1, -0.05) is 13.0 Å². The number of fused-ring (bicyclic) bond motifs is 3. The second-order valence-corrected chi connectivity index (χ2v) is 8.39. The normalized spacial score (nSPS) is 28.1. The number of nitrogens with zero attached hydrogens (tertiary/aromatic N) is 3. The molecule has 1 aromatic rings. The molecule has 0 unspecified atom stereocenters. The van der Waals surface area contributed by atoms with Gasteiger partial charge in [0.15, 0.2) is 0 Å². The lowest BCUT2D eigenvalue weighted by Gasteiger charge is -2.36. The molecule has 2 amide bonds. The lowest BCUT2D eigenvalue weighted by atomic mass is 9.99. The summed E-state index contributed by atoms with van der Waals surface area (Å²) in [5, 5.41) is 9.57. The molecule has 2 bridgehead atoms. The van der Waals surface area contributed by atoms with Crippen molar-refractivity contribution >= 4 is 11.8 Å². The molecule has 3 rings (SSSR count). The van der Waals surface area contributed by atoms with Gasteiger partial charge < -0.3 is 24.0 Å². The number of carbonyl (C=O) groups is 2. The van der Waals surface area contributed by atoms with Crippen molar-refractivity contribution in [3.05, 3.63) is 29.3 Å². The number of carbonyl (C=O) groups excluding carboxylic acids is 2. The van der Waals surface area contributed by atoms with Crippen molar-refractivity contribution in [3.8, 4) is 11.8 Å². The van der Waals surface area contributed by atoms with E-state index >= 15 is 0 Å². The van der Waals surface area contributed by atoms with E-state index in [9.17, 15) is 14.9 Å². The molecule has 168 valence electrons. The largest absolute Gasteiger partial charge is 0.489 e. The number of amides is 2. The van der Waals surface area contributed by atoms with Gasteiger partial charge in [0.25, 0.3) is 5.91 Å². The molecule has 0 aromatic heterocycles. The zero-order valence-electron chi connectivity index (χ0n) is 18.7. The van der Waals surface area contributed by atoms with Gasteiger partial charge in [-0.15, -0.1) is 0 Å². The maximum Gasteiger partial charge on any atom is 0.257 e. The van der Waals surface area contributed by atoms with Crippen molar-refractivity contribution in [3.63, 3.8) is 0 Å². The van der Waals surface area contributed by atoms with Gasteiger partial charge >= 0.3 is 0 Å². The highest BCUT2D eigenvalue weighted by Gasteiger charge is 2.33. The molecule has 4 atom stereocenters. The minimum Gasteiger partial charge on any atom is -0.489 e. The third-order valence-electron chi connectivity index (χ3n) is 6.09. The summed E-state index contributed by atoms with van der Waals surface area (Å²) in [7, 11) is 5.09. The summed E-state index contributed by atoms with van der Waals surface area (Å²) in [6.45, 7) is 2.84. The predicted octanol–water partition coefficient (Wildman–Crippen LogP) is 2.07. The van der Waals surface area contributed by atoms with Crippen molar-refractivity contribution in [1.82, 2.24) is 9.80 Å². The summed E-state index contributed by atoms with van der Waals surface area (Å²) in [6, 6.07) is 7.04. The molecule has 1 saturated heterocycles. The van der Waals surface area contributed by atoms with Crippen LogP contribution < -0.4 is 4.74 Å². The summed E-state index contributed by atoms with van der Waals surface area (Å²) >= 11 is 0. The number of rotatable bonds is 1. The van der Waals surface area contributed by atoms with E-state index in [2.05, 4.69) is 6.07 Å². The zero-order valence-corrected chi connectivity index (χ0v) is 18.7. The van der Waals surface area contributed by atoms with Crippen molar-refractivity contribution in [2.45, 2.75) is 44.5 Å². The first kappa shape index (κ1) is 23.0. The first-order chi connectivity index (χ1) is 14.8. The molecule has 2 aliphatic heterocycles. The van der Waals surface area contributed by atoms with Crippen LogP contribution >= 0.6 is 0 Å². The van der Waals surface area contributed by atoms with Crippen LogP contribution in [0.3, 0.4) is 0 Å². The SMILES string of the molecule is CO[C@H]1CC[C@H]2CCN(C)C(=O)[C@@H](C)CN(C)C(=O)c3cccc(C#N)c3OC[C@@H]1O2. The lowest BCUT2D eigenvalue weighted by Crippen LogP contribution is -2.45. The predicted molar refractivity (Wildman–Crippen MR) is 114 cm³/mol. The maximum atomic E-state index is 13.2. The molecule has 0 radical (unpaired) electrons. The fourth-order valence-corrected chi connectivity index (χ4v) is 4.28. The van der Waals surface area contributed by atoms with Crippen LogP contribution in [0, 0.1) is 17.2 Å². The molecular formula is C23H31N3O5. The Labute approximate surface area is 183 Å². The summed E-state index contributed by atoms with van der Waals surface area (Å²) in [4.78, 5) is 29.2. The Morgan fingerprint density at radius 2 is 1.94 bits per heavy atom. The molecule has 1 fully saturated rings. The molecule has 8 nitrogen and oxygen atoms in total. The summed E-state index contributed by atoms with van der Waals surface area (Å²) < 4.78 is 17.9. The molecular weight excluding hydrogens is 398 g/mol. The van der Waals surface area contributed by atoms with Gasteiger partial charge in [-0.05, 0) is 31.4 Å². The number of nitriles is 1. The van der Waals surface area contributed by atoms with Gasteiger partial charge in [0.05, 0.1) is 29.3 Å². The van der Waals surface area contributed by atoms with Crippen LogP contribution in [-0.2, 0) is 14.3 Å². The fraction of sp³-hybridized carbons (Fsp3) is 0.609. The number of methoxy groups -OCH3 is 1.